The van der Waals surface area contributed by atoms with Gasteiger partial charge < -0.3 is 14.8 Å². The second-order valence-electron chi connectivity index (χ2n) is 5.96. The highest BCUT2D eigenvalue weighted by Crippen LogP contribution is 2.37. The molecule has 0 saturated heterocycles. The molecule has 1 amide bonds. The zero-order valence-corrected chi connectivity index (χ0v) is 14.0. The minimum absolute atomic E-state index is 0.0285. The van der Waals surface area contributed by atoms with E-state index in [4.69, 9.17) is 9.47 Å². The quantitative estimate of drug-likeness (QED) is 0.643. The number of nitrogens with one attached hydrogen (secondary N) is 1. The molecule has 0 fully saturated rings. The first-order valence-corrected chi connectivity index (χ1v) is 8.35. The molecule has 0 bridgehead atoms. The summed E-state index contributed by atoms with van der Waals surface area (Å²) in [6.07, 6.45) is 2.11. The van der Waals surface area contributed by atoms with Crippen LogP contribution in [0.25, 0.3) is 11.1 Å². The van der Waals surface area contributed by atoms with Crippen LogP contribution in [0.3, 0.4) is 0 Å². The van der Waals surface area contributed by atoms with Gasteiger partial charge in [0.2, 0.25) is 5.91 Å². The van der Waals surface area contributed by atoms with E-state index in [0.29, 0.717) is 32.7 Å². The summed E-state index contributed by atoms with van der Waals surface area (Å²) in [7, 11) is 1.64. The minimum atomic E-state index is 0.0285. The van der Waals surface area contributed by atoms with Crippen LogP contribution in [-0.2, 0) is 20.7 Å². The van der Waals surface area contributed by atoms with E-state index in [1.807, 2.05) is 6.07 Å². The van der Waals surface area contributed by atoms with Gasteiger partial charge in [-0.2, -0.15) is 0 Å². The van der Waals surface area contributed by atoms with Gasteiger partial charge >= 0.3 is 0 Å². The topological polar surface area (TPSA) is 47.6 Å². The molecule has 1 N–H and O–H groups in total. The first-order chi connectivity index (χ1) is 11.8. The Kier molecular flexibility index (Phi) is 5.62. The number of benzene rings is 2. The number of methoxy groups -OCH3 is 1. The number of amides is 1. The zero-order valence-electron chi connectivity index (χ0n) is 14.0. The molecular weight excluding hydrogens is 302 g/mol. The van der Waals surface area contributed by atoms with Gasteiger partial charge in [0, 0.05) is 25.8 Å². The molecule has 24 heavy (non-hydrogen) atoms. The number of rotatable bonds is 8. The molecule has 0 spiro atoms. The van der Waals surface area contributed by atoms with Crippen molar-refractivity contribution in [3.05, 3.63) is 53.6 Å². The Labute approximate surface area is 142 Å². The van der Waals surface area contributed by atoms with Gasteiger partial charge in [-0.05, 0) is 47.2 Å². The summed E-state index contributed by atoms with van der Waals surface area (Å²) in [5.41, 5.74) is 6.07. The minimum Gasteiger partial charge on any atom is -0.382 e. The van der Waals surface area contributed by atoms with Crippen LogP contribution in [0, 0.1) is 0 Å². The SMILES string of the molecule is COCCOCCCC(=O)Nc1ccc2c(c1)Cc1ccccc1-2. The lowest BCUT2D eigenvalue weighted by Gasteiger charge is -2.08. The van der Waals surface area contributed by atoms with Crippen LogP contribution in [0.4, 0.5) is 5.69 Å². The predicted octanol–water partition coefficient (Wildman–Crippen LogP) is 3.64. The molecule has 2 aromatic rings. The fraction of sp³-hybridized carbons (Fsp3) is 0.350. The van der Waals surface area contributed by atoms with Gasteiger partial charge in [0.25, 0.3) is 0 Å². The van der Waals surface area contributed by atoms with Gasteiger partial charge in [-0.3, -0.25) is 4.79 Å². The smallest absolute Gasteiger partial charge is 0.224 e. The van der Waals surface area contributed by atoms with E-state index in [-0.39, 0.29) is 5.91 Å². The van der Waals surface area contributed by atoms with E-state index >= 15 is 0 Å². The molecule has 0 aromatic heterocycles. The number of hydrogen-bond acceptors (Lipinski definition) is 3. The third-order valence-electron chi connectivity index (χ3n) is 4.20. The molecule has 0 saturated carbocycles. The lowest BCUT2D eigenvalue weighted by molar-refractivity contribution is -0.116. The molecule has 126 valence electrons. The summed E-state index contributed by atoms with van der Waals surface area (Å²) in [5.74, 6) is 0.0285. The molecule has 0 radical (unpaired) electrons. The Bertz CT molecular complexity index is 712. The average molecular weight is 325 g/mol. The predicted molar refractivity (Wildman–Crippen MR) is 95.2 cm³/mol. The summed E-state index contributed by atoms with van der Waals surface area (Å²) in [4.78, 5) is 12.0. The maximum absolute atomic E-state index is 12.0. The highest BCUT2D eigenvalue weighted by molar-refractivity contribution is 5.91. The van der Waals surface area contributed by atoms with Gasteiger partial charge in [-0.25, -0.2) is 0 Å². The fourth-order valence-corrected chi connectivity index (χ4v) is 3.03. The summed E-state index contributed by atoms with van der Waals surface area (Å²) in [6, 6.07) is 14.6. The second-order valence-corrected chi connectivity index (χ2v) is 5.96. The van der Waals surface area contributed by atoms with Crippen LogP contribution < -0.4 is 5.32 Å². The molecule has 4 nitrogen and oxygen atoms in total. The van der Waals surface area contributed by atoms with E-state index < -0.39 is 0 Å². The number of fused-ring (bicyclic) bond motifs is 3. The monoisotopic (exact) mass is 325 g/mol. The number of hydrogen-bond donors (Lipinski definition) is 1. The molecule has 1 aliphatic rings. The van der Waals surface area contributed by atoms with E-state index in [2.05, 4.69) is 41.7 Å². The summed E-state index contributed by atoms with van der Waals surface area (Å²) >= 11 is 0. The van der Waals surface area contributed by atoms with Crippen LogP contribution in [0.15, 0.2) is 42.5 Å². The second kappa shape index (κ2) is 8.08. The molecule has 2 aromatic carbocycles. The van der Waals surface area contributed by atoms with Gasteiger partial charge in [-0.15, -0.1) is 0 Å². The standard InChI is InChI=1S/C20H23NO3/c1-23-11-12-24-10-4-7-20(22)21-17-8-9-19-16(14-17)13-15-5-2-3-6-18(15)19/h2-3,5-6,8-9,14H,4,7,10-13H2,1H3,(H,21,22). The first kappa shape index (κ1) is 16.7. The molecule has 1 aliphatic carbocycles. The fourth-order valence-electron chi connectivity index (χ4n) is 3.03. The van der Waals surface area contributed by atoms with Crippen molar-refractivity contribution in [1.29, 1.82) is 0 Å². The van der Waals surface area contributed by atoms with E-state index in [1.54, 1.807) is 7.11 Å². The van der Waals surface area contributed by atoms with Crippen molar-refractivity contribution < 1.29 is 14.3 Å². The van der Waals surface area contributed by atoms with Crippen molar-refractivity contribution in [3.63, 3.8) is 0 Å². The molecular formula is C20H23NO3. The number of anilines is 1. The van der Waals surface area contributed by atoms with Gasteiger partial charge in [0.05, 0.1) is 13.2 Å². The third-order valence-corrected chi connectivity index (χ3v) is 4.20. The average Bonchev–Trinajstić information content (AvgIpc) is 2.95. The van der Waals surface area contributed by atoms with Gasteiger partial charge in [-0.1, -0.05) is 30.3 Å². The highest BCUT2D eigenvalue weighted by atomic mass is 16.5. The number of carbonyl (C=O) groups excluding carboxylic acids is 1. The van der Waals surface area contributed by atoms with Crippen LogP contribution in [0.2, 0.25) is 0 Å². The maximum atomic E-state index is 12.0. The van der Waals surface area contributed by atoms with Gasteiger partial charge in [0.1, 0.15) is 0 Å². The Morgan fingerprint density at radius 2 is 1.88 bits per heavy atom. The molecule has 3 rings (SSSR count). The van der Waals surface area contributed by atoms with Crippen LogP contribution in [-0.4, -0.2) is 32.8 Å². The zero-order chi connectivity index (χ0) is 16.8. The van der Waals surface area contributed by atoms with Crippen molar-refractivity contribution in [2.45, 2.75) is 19.3 Å². The number of carbonyl (C=O) groups is 1. The van der Waals surface area contributed by atoms with Crippen molar-refractivity contribution >= 4 is 11.6 Å². The highest BCUT2D eigenvalue weighted by Gasteiger charge is 2.18. The number of ether oxygens (including phenoxy) is 2. The Morgan fingerprint density at radius 3 is 2.75 bits per heavy atom. The lowest BCUT2D eigenvalue weighted by atomic mass is 10.1. The molecule has 0 aliphatic heterocycles. The summed E-state index contributed by atoms with van der Waals surface area (Å²) in [5, 5.41) is 2.98. The van der Waals surface area contributed by atoms with E-state index in [9.17, 15) is 4.79 Å². The molecule has 0 atom stereocenters. The molecule has 4 heteroatoms. The molecule has 0 unspecified atom stereocenters. The van der Waals surface area contributed by atoms with E-state index in [0.717, 1.165) is 12.1 Å². The summed E-state index contributed by atoms with van der Waals surface area (Å²) < 4.78 is 10.3. The van der Waals surface area contributed by atoms with Gasteiger partial charge in [0.15, 0.2) is 0 Å². The Hall–Kier alpha value is -2.17. The largest absolute Gasteiger partial charge is 0.382 e. The Balaban J connectivity index is 1.50. The van der Waals surface area contributed by atoms with E-state index in [1.165, 1.54) is 22.3 Å². The normalized spacial score (nSPS) is 11.9. The van der Waals surface area contributed by atoms with Crippen molar-refractivity contribution in [3.8, 4) is 11.1 Å². The van der Waals surface area contributed by atoms with Crippen LogP contribution in [0.5, 0.6) is 0 Å². The van der Waals surface area contributed by atoms with Crippen LogP contribution in [0.1, 0.15) is 24.0 Å². The van der Waals surface area contributed by atoms with Crippen molar-refractivity contribution in [1.82, 2.24) is 0 Å². The summed E-state index contributed by atoms with van der Waals surface area (Å²) in [6.45, 7) is 1.74. The first-order valence-electron chi connectivity index (χ1n) is 8.35. The van der Waals surface area contributed by atoms with Crippen molar-refractivity contribution in [2.24, 2.45) is 0 Å². The maximum Gasteiger partial charge on any atom is 0.224 e. The lowest BCUT2D eigenvalue weighted by Crippen LogP contribution is -2.13. The molecule has 0 heterocycles. The van der Waals surface area contributed by atoms with Crippen LogP contribution >= 0.6 is 0 Å². The Morgan fingerprint density at radius 1 is 1.04 bits per heavy atom. The van der Waals surface area contributed by atoms with Crippen molar-refractivity contribution in [2.75, 3.05) is 32.2 Å². The third kappa shape index (κ3) is 4.02.